The highest BCUT2D eigenvalue weighted by Crippen LogP contribution is 2.11. The fourth-order valence-electron chi connectivity index (χ4n) is 3.67. The van der Waals surface area contributed by atoms with Crippen LogP contribution in [0.25, 0.3) is 0 Å². The quantitative estimate of drug-likeness (QED) is 0.568. The molecule has 0 spiro atoms. The molecule has 1 unspecified atom stereocenters. The first-order valence-corrected chi connectivity index (χ1v) is 9.88. The summed E-state index contributed by atoms with van der Waals surface area (Å²) in [5.74, 6) is 0. The summed E-state index contributed by atoms with van der Waals surface area (Å²) in [6, 6.07) is 23.3. The van der Waals surface area contributed by atoms with Crippen LogP contribution in [0.5, 0.6) is 0 Å². The molecule has 0 aliphatic heterocycles. The van der Waals surface area contributed by atoms with Gasteiger partial charge in [0.2, 0.25) is 0 Å². The highest BCUT2D eigenvalue weighted by molar-refractivity contribution is 5.26. The molecule has 3 rings (SSSR count). The Morgan fingerprint density at radius 3 is 2.46 bits per heavy atom. The minimum absolute atomic E-state index is 0.364. The van der Waals surface area contributed by atoms with Gasteiger partial charge in [-0.25, -0.2) is 0 Å². The molecule has 2 N–H and O–H groups in total. The Labute approximate surface area is 168 Å². The molecular weight excluding hydrogens is 348 g/mol. The molecule has 28 heavy (non-hydrogen) atoms. The molecule has 2 atom stereocenters. The fourth-order valence-corrected chi connectivity index (χ4v) is 3.67. The van der Waals surface area contributed by atoms with Crippen molar-refractivity contribution in [1.29, 1.82) is 0 Å². The van der Waals surface area contributed by atoms with Crippen LogP contribution in [-0.4, -0.2) is 36.0 Å². The third kappa shape index (κ3) is 5.80. The third-order valence-electron chi connectivity index (χ3n) is 5.14. The van der Waals surface area contributed by atoms with Crippen LogP contribution in [0, 0.1) is 6.92 Å². The molecule has 0 fully saturated rings. The Hall–Kier alpha value is -2.40. The molecule has 0 aliphatic rings. The summed E-state index contributed by atoms with van der Waals surface area (Å²) in [4.78, 5) is 1.32. The lowest BCUT2D eigenvalue weighted by molar-refractivity contribution is -0.931. The molecule has 148 valence electrons. The second-order valence-corrected chi connectivity index (χ2v) is 7.46. The zero-order valence-corrected chi connectivity index (χ0v) is 16.8. The lowest BCUT2D eigenvalue weighted by Gasteiger charge is -2.23. The zero-order valence-electron chi connectivity index (χ0n) is 16.8. The molecule has 3 aromatic rings. The van der Waals surface area contributed by atoms with Crippen LogP contribution in [-0.2, 0) is 24.4 Å². The van der Waals surface area contributed by atoms with Crippen molar-refractivity contribution in [2.45, 2.75) is 32.7 Å². The lowest BCUT2D eigenvalue weighted by Crippen LogP contribution is -3.10. The number of benzene rings is 2. The molecule has 4 heteroatoms. The molecule has 0 radical (unpaired) electrons. The largest absolute Gasteiger partial charge is 0.385 e. The summed E-state index contributed by atoms with van der Waals surface area (Å²) >= 11 is 0. The van der Waals surface area contributed by atoms with E-state index in [0.29, 0.717) is 13.2 Å². The fraction of sp³-hybridized carbons (Fsp3) is 0.333. The summed E-state index contributed by atoms with van der Waals surface area (Å²) in [5, 5.41) is 10.3. The topological polar surface area (TPSA) is 38.8 Å². The Bertz CT molecular complexity index is 845. The van der Waals surface area contributed by atoms with Gasteiger partial charge in [0.1, 0.15) is 25.7 Å². The van der Waals surface area contributed by atoms with Gasteiger partial charge >= 0.3 is 0 Å². The van der Waals surface area contributed by atoms with Crippen molar-refractivity contribution < 1.29 is 14.7 Å². The van der Waals surface area contributed by atoms with Gasteiger partial charge in [0.05, 0.1) is 12.3 Å². The average Bonchev–Trinajstić information content (AvgIpc) is 3.11. The minimum Gasteiger partial charge on any atom is -0.385 e. The number of nitrogens with one attached hydrogen (secondary N) is 1. The zero-order chi connectivity index (χ0) is 19.8. The Balaban J connectivity index is 1.75. The van der Waals surface area contributed by atoms with E-state index in [2.05, 4.69) is 78.4 Å². The number of rotatable bonds is 10. The van der Waals surface area contributed by atoms with Gasteiger partial charge in [-0.2, -0.15) is 0 Å². The lowest BCUT2D eigenvalue weighted by atomic mass is 10.1. The highest BCUT2D eigenvalue weighted by atomic mass is 16.5. The monoisotopic (exact) mass is 379 g/mol. The minimum atomic E-state index is -0.469. The molecule has 0 saturated heterocycles. The van der Waals surface area contributed by atoms with Crippen molar-refractivity contribution in [3.8, 4) is 0 Å². The number of nitrogens with zero attached hydrogens (tertiary/aromatic N) is 1. The third-order valence-corrected chi connectivity index (χ3v) is 5.14. The Morgan fingerprint density at radius 2 is 1.71 bits per heavy atom. The summed E-state index contributed by atoms with van der Waals surface area (Å²) in [6.07, 6.45) is 1.68. The molecule has 1 heterocycles. The molecule has 0 amide bonds. The number of aliphatic hydroxyl groups excluding tert-OH is 1. The Morgan fingerprint density at radius 1 is 0.964 bits per heavy atom. The number of aryl methyl sites for hydroxylation is 1. The van der Waals surface area contributed by atoms with Crippen LogP contribution in [0.4, 0.5) is 0 Å². The van der Waals surface area contributed by atoms with Crippen LogP contribution < -0.4 is 4.90 Å². The maximum Gasteiger partial charge on any atom is 0.126 e. The summed E-state index contributed by atoms with van der Waals surface area (Å²) < 4.78 is 7.45. The number of quaternary nitrogens is 1. The summed E-state index contributed by atoms with van der Waals surface area (Å²) in [7, 11) is 1.63. The van der Waals surface area contributed by atoms with E-state index in [0.717, 1.165) is 19.6 Å². The van der Waals surface area contributed by atoms with Crippen LogP contribution in [0.15, 0.2) is 72.9 Å². The molecule has 4 nitrogen and oxygen atoms in total. The predicted octanol–water partition coefficient (Wildman–Crippen LogP) is 2.44. The predicted molar refractivity (Wildman–Crippen MR) is 112 cm³/mol. The number of hydrogen-bond donors (Lipinski definition) is 2. The SMILES string of the molecule is COC[C@@H](O)C[NH+](Cc1ccccc1)Cc1cccn1Cc1ccccc1C. The smallest absolute Gasteiger partial charge is 0.126 e. The van der Waals surface area contributed by atoms with E-state index in [1.165, 1.54) is 27.3 Å². The van der Waals surface area contributed by atoms with Crippen molar-refractivity contribution in [2.24, 2.45) is 0 Å². The standard InChI is InChI=1S/C24H30N2O2/c1-20-9-6-7-12-22(20)16-26-14-8-13-23(26)17-25(18-24(27)19-28-2)15-21-10-4-3-5-11-21/h3-14,24,27H,15-19H2,1-2H3/p+1/t24-/m0/s1. The molecule has 0 bridgehead atoms. The van der Waals surface area contributed by atoms with Gasteiger partial charge < -0.3 is 19.3 Å². The van der Waals surface area contributed by atoms with Crippen LogP contribution in [0.3, 0.4) is 0 Å². The van der Waals surface area contributed by atoms with Crippen molar-refractivity contribution in [1.82, 2.24) is 4.57 Å². The number of aromatic nitrogens is 1. The number of methoxy groups -OCH3 is 1. The van der Waals surface area contributed by atoms with E-state index < -0.39 is 6.10 Å². The average molecular weight is 380 g/mol. The van der Waals surface area contributed by atoms with E-state index in [4.69, 9.17) is 4.74 Å². The molecule has 1 aromatic heterocycles. The van der Waals surface area contributed by atoms with Crippen molar-refractivity contribution in [2.75, 3.05) is 20.3 Å². The maximum atomic E-state index is 10.3. The summed E-state index contributed by atoms with van der Waals surface area (Å²) in [5.41, 5.74) is 5.20. The van der Waals surface area contributed by atoms with Gasteiger partial charge in [0.15, 0.2) is 0 Å². The molecule has 2 aromatic carbocycles. The van der Waals surface area contributed by atoms with E-state index in [9.17, 15) is 5.11 Å². The van der Waals surface area contributed by atoms with E-state index in [1.807, 2.05) is 6.07 Å². The molecular formula is C24H31N2O2+. The maximum absolute atomic E-state index is 10.3. The van der Waals surface area contributed by atoms with Gasteiger partial charge in [-0.1, -0.05) is 54.6 Å². The highest BCUT2D eigenvalue weighted by Gasteiger charge is 2.18. The normalized spacial score (nSPS) is 13.4. The molecule has 0 saturated carbocycles. The first-order chi connectivity index (χ1) is 13.7. The van der Waals surface area contributed by atoms with Gasteiger partial charge in [0.25, 0.3) is 0 Å². The second kappa shape index (κ2) is 10.2. The Kier molecular flexibility index (Phi) is 7.43. The first-order valence-electron chi connectivity index (χ1n) is 9.88. The van der Waals surface area contributed by atoms with Crippen LogP contribution in [0.1, 0.15) is 22.4 Å². The number of ether oxygens (including phenoxy) is 1. The number of aliphatic hydroxyl groups is 1. The van der Waals surface area contributed by atoms with Crippen LogP contribution >= 0.6 is 0 Å². The van der Waals surface area contributed by atoms with Gasteiger partial charge in [-0.15, -0.1) is 0 Å². The first kappa shape index (κ1) is 20.3. The van der Waals surface area contributed by atoms with Crippen molar-refractivity contribution >= 4 is 0 Å². The van der Waals surface area contributed by atoms with Gasteiger partial charge in [0, 0.05) is 25.4 Å². The number of hydrogen-bond acceptors (Lipinski definition) is 2. The van der Waals surface area contributed by atoms with Crippen molar-refractivity contribution in [3.63, 3.8) is 0 Å². The van der Waals surface area contributed by atoms with Gasteiger partial charge in [-0.05, 0) is 30.2 Å². The van der Waals surface area contributed by atoms with Crippen LogP contribution in [0.2, 0.25) is 0 Å². The van der Waals surface area contributed by atoms with Crippen molar-refractivity contribution in [3.05, 3.63) is 95.3 Å². The van der Waals surface area contributed by atoms with E-state index >= 15 is 0 Å². The van der Waals surface area contributed by atoms with Gasteiger partial charge in [-0.3, -0.25) is 0 Å². The van der Waals surface area contributed by atoms with E-state index in [1.54, 1.807) is 7.11 Å². The molecule has 0 aliphatic carbocycles. The van der Waals surface area contributed by atoms with E-state index in [-0.39, 0.29) is 0 Å². The summed E-state index contributed by atoms with van der Waals surface area (Å²) in [6.45, 7) is 5.77. The second-order valence-electron chi connectivity index (χ2n) is 7.46.